The molecule has 0 spiro atoms. The highest BCUT2D eigenvalue weighted by Gasteiger charge is 2.27. The first kappa shape index (κ1) is 11.2. The second-order valence-corrected chi connectivity index (χ2v) is 3.17. The van der Waals surface area contributed by atoms with Crippen molar-refractivity contribution >= 4 is 11.6 Å². The summed E-state index contributed by atoms with van der Waals surface area (Å²) in [7, 11) is 1.41. The standard InChI is InChI=1S/C9H8ClF3O/c1-14-8-3-2-6(4-7(8)10)5-9(11,12)13/h2-4H,5H2,1H3. The zero-order chi connectivity index (χ0) is 10.8. The lowest BCUT2D eigenvalue weighted by atomic mass is 10.1. The fourth-order valence-corrected chi connectivity index (χ4v) is 1.33. The topological polar surface area (TPSA) is 9.23 Å². The van der Waals surface area contributed by atoms with E-state index in [4.69, 9.17) is 16.3 Å². The van der Waals surface area contributed by atoms with E-state index in [1.807, 2.05) is 0 Å². The normalized spacial score (nSPS) is 11.5. The van der Waals surface area contributed by atoms with Crippen LogP contribution in [0.4, 0.5) is 13.2 Å². The van der Waals surface area contributed by atoms with Gasteiger partial charge in [-0.1, -0.05) is 17.7 Å². The van der Waals surface area contributed by atoms with Crippen molar-refractivity contribution in [1.82, 2.24) is 0 Å². The van der Waals surface area contributed by atoms with Crippen molar-refractivity contribution in [2.75, 3.05) is 7.11 Å². The summed E-state index contributed by atoms with van der Waals surface area (Å²) < 4.78 is 40.8. The number of ether oxygens (including phenoxy) is 1. The van der Waals surface area contributed by atoms with Gasteiger partial charge in [0.15, 0.2) is 0 Å². The van der Waals surface area contributed by atoms with Crippen LogP contribution < -0.4 is 4.74 Å². The van der Waals surface area contributed by atoms with Crippen LogP contribution in [0, 0.1) is 0 Å². The maximum Gasteiger partial charge on any atom is 0.393 e. The van der Waals surface area contributed by atoms with Gasteiger partial charge in [-0.05, 0) is 17.7 Å². The van der Waals surface area contributed by atoms with Gasteiger partial charge in [0, 0.05) is 0 Å². The van der Waals surface area contributed by atoms with Crippen LogP contribution in [0.1, 0.15) is 5.56 Å². The predicted octanol–water partition coefficient (Wildman–Crippen LogP) is 3.45. The molecule has 1 rings (SSSR count). The van der Waals surface area contributed by atoms with Crippen LogP contribution in [0.2, 0.25) is 5.02 Å². The third-order valence-electron chi connectivity index (χ3n) is 1.62. The first-order valence-electron chi connectivity index (χ1n) is 3.81. The quantitative estimate of drug-likeness (QED) is 0.748. The van der Waals surface area contributed by atoms with Gasteiger partial charge in [0.05, 0.1) is 18.6 Å². The average molecular weight is 225 g/mol. The molecule has 0 aromatic heterocycles. The monoisotopic (exact) mass is 224 g/mol. The minimum atomic E-state index is -4.21. The second kappa shape index (κ2) is 4.09. The molecule has 0 saturated carbocycles. The molecular weight excluding hydrogens is 217 g/mol. The van der Waals surface area contributed by atoms with Crippen LogP contribution in [0.5, 0.6) is 5.75 Å². The molecule has 1 aromatic carbocycles. The Hall–Kier alpha value is -0.900. The van der Waals surface area contributed by atoms with E-state index < -0.39 is 12.6 Å². The first-order chi connectivity index (χ1) is 6.42. The van der Waals surface area contributed by atoms with E-state index in [1.54, 1.807) is 0 Å². The summed E-state index contributed by atoms with van der Waals surface area (Å²) in [6.07, 6.45) is -5.19. The zero-order valence-electron chi connectivity index (χ0n) is 7.36. The minimum Gasteiger partial charge on any atom is -0.495 e. The van der Waals surface area contributed by atoms with E-state index in [9.17, 15) is 13.2 Å². The Labute approximate surface area is 84.4 Å². The molecule has 1 aromatic rings. The van der Waals surface area contributed by atoms with Gasteiger partial charge >= 0.3 is 6.18 Å². The van der Waals surface area contributed by atoms with Gasteiger partial charge in [-0.2, -0.15) is 13.2 Å². The Morgan fingerprint density at radius 2 is 2.00 bits per heavy atom. The molecule has 78 valence electrons. The van der Waals surface area contributed by atoms with E-state index in [2.05, 4.69) is 0 Å². The van der Waals surface area contributed by atoms with Crippen molar-refractivity contribution in [1.29, 1.82) is 0 Å². The number of hydrogen-bond acceptors (Lipinski definition) is 1. The van der Waals surface area contributed by atoms with E-state index in [-0.39, 0.29) is 10.6 Å². The Morgan fingerprint density at radius 3 is 2.43 bits per heavy atom. The fourth-order valence-electron chi connectivity index (χ4n) is 1.05. The van der Waals surface area contributed by atoms with Crippen LogP contribution in [0.15, 0.2) is 18.2 Å². The van der Waals surface area contributed by atoms with Crippen molar-refractivity contribution in [3.63, 3.8) is 0 Å². The largest absolute Gasteiger partial charge is 0.495 e. The number of benzene rings is 1. The molecule has 0 aliphatic rings. The minimum absolute atomic E-state index is 0.128. The van der Waals surface area contributed by atoms with Gasteiger partial charge in [-0.3, -0.25) is 0 Å². The molecule has 5 heteroatoms. The Balaban J connectivity index is 2.87. The Kier molecular flexibility index (Phi) is 3.26. The van der Waals surface area contributed by atoms with Crippen LogP contribution in [0.3, 0.4) is 0 Å². The number of rotatable bonds is 2. The van der Waals surface area contributed by atoms with Crippen LogP contribution in [-0.4, -0.2) is 13.3 Å². The highest BCUT2D eigenvalue weighted by Crippen LogP contribution is 2.28. The molecular formula is C9H8ClF3O. The molecule has 0 amide bonds. The van der Waals surface area contributed by atoms with Crippen LogP contribution >= 0.6 is 11.6 Å². The van der Waals surface area contributed by atoms with Gasteiger partial charge in [0.25, 0.3) is 0 Å². The average Bonchev–Trinajstić information content (AvgIpc) is 2.01. The molecule has 14 heavy (non-hydrogen) atoms. The lowest BCUT2D eigenvalue weighted by Gasteiger charge is -2.08. The molecule has 0 N–H and O–H groups in total. The van der Waals surface area contributed by atoms with E-state index in [0.29, 0.717) is 5.75 Å². The lowest BCUT2D eigenvalue weighted by molar-refractivity contribution is -0.127. The van der Waals surface area contributed by atoms with E-state index in [1.165, 1.54) is 25.3 Å². The number of halogens is 4. The molecule has 0 aliphatic heterocycles. The number of alkyl halides is 3. The molecule has 0 radical (unpaired) electrons. The summed E-state index contributed by atoms with van der Waals surface area (Å²) in [6.45, 7) is 0. The predicted molar refractivity (Wildman–Crippen MR) is 47.8 cm³/mol. The Bertz CT molecular complexity index is 322. The summed E-state index contributed by atoms with van der Waals surface area (Å²) in [6, 6.07) is 4.02. The van der Waals surface area contributed by atoms with Crippen LogP contribution in [0.25, 0.3) is 0 Å². The summed E-state index contributed by atoms with van der Waals surface area (Å²) in [5.41, 5.74) is 0.128. The molecule has 1 nitrogen and oxygen atoms in total. The summed E-state index contributed by atoms with van der Waals surface area (Å²) in [4.78, 5) is 0. The molecule has 0 unspecified atom stereocenters. The third-order valence-corrected chi connectivity index (χ3v) is 1.92. The zero-order valence-corrected chi connectivity index (χ0v) is 8.12. The van der Waals surface area contributed by atoms with Crippen molar-refractivity contribution in [2.45, 2.75) is 12.6 Å². The summed E-state index contributed by atoms with van der Waals surface area (Å²) >= 11 is 5.67. The molecule has 0 fully saturated rings. The molecule has 0 saturated heterocycles. The van der Waals surface area contributed by atoms with Gasteiger partial charge in [-0.15, -0.1) is 0 Å². The maximum atomic E-state index is 12.0. The molecule has 0 atom stereocenters. The lowest BCUT2D eigenvalue weighted by Crippen LogP contribution is -2.11. The number of hydrogen-bond donors (Lipinski definition) is 0. The fraction of sp³-hybridized carbons (Fsp3) is 0.333. The van der Waals surface area contributed by atoms with Gasteiger partial charge in [-0.25, -0.2) is 0 Å². The van der Waals surface area contributed by atoms with Crippen LogP contribution in [-0.2, 0) is 6.42 Å². The molecule has 0 aliphatic carbocycles. The SMILES string of the molecule is COc1ccc(CC(F)(F)F)cc1Cl. The van der Waals surface area contributed by atoms with Crippen molar-refractivity contribution in [3.8, 4) is 5.75 Å². The number of methoxy groups -OCH3 is 1. The van der Waals surface area contributed by atoms with Crippen molar-refractivity contribution in [2.24, 2.45) is 0 Å². The smallest absolute Gasteiger partial charge is 0.393 e. The van der Waals surface area contributed by atoms with Crippen molar-refractivity contribution in [3.05, 3.63) is 28.8 Å². The highest BCUT2D eigenvalue weighted by atomic mass is 35.5. The van der Waals surface area contributed by atoms with Gasteiger partial charge in [0.2, 0.25) is 0 Å². The molecule has 0 heterocycles. The first-order valence-corrected chi connectivity index (χ1v) is 4.19. The van der Waals surface area contributed by atoms with Gasteiger partial charge in [0.1, 0.15) is 5.75 Å². The molecule has 0 bridgehead atoms. The van der Waals surface area contributed by atoms with E-state index >= 15 is 0 Å². The summed E-state index contributed by atoms with van der Waals surface area (Å²) in [5, 5.41) is 0.189. The maximum absolute atomic E-state index is 12.0. The Morgan fingerprint density at radius 1 is 1.36 bits per heavy atom. The third kappa shape index (κ3) is 3.10. The second-order valence-electron chi connectivity index (χ2n) is 2.76. The van der Waals surface area contributed by atoms with E-state index in [0.717, 1.165) is 0 Å². The summed E-state index contributed by atoms with van der Waals surface area (Å²) in [5.74, 6) is 0.373. The van der Waals surface area contributed by atoms with Crippen molar-refractivity contribution < 1.29 is 17.9 Å². The van der Waals surface area contributed by atoms with Gasteiger partial charge < -0.3 is 4.74 Å². The highest BCUT2D eigenvalue weighted by molar-refractivity contribution is 6.32.